The number of aliphatic hydroxyl groups is 1. The zero-order valence-electron chi connectivity index (χ0n) is 10.6. The molecule has 0 amide bonds. The summed E-state index contributed by atoms with van der Waals surface area (Å²) in [5, 5.41) is 9.43. The first-order valence-corrected chi connectivity index (χ1v) is 7.15. The van der Waals surface area contributed by atoms with Gasteiger partial charge in [0.15, 0.2) is 5.03 Å². The molecule has 1 unspecified atom stereocenters. The summed E-state index contributed by atoms with van der Waals surface area (Å²) in [6.07, 6.45) is 2.18. The maximum Gasteiger partial charge on any atom is 0.280 e. The third-order valence-corrected chi connectivity index (χ3v) is 3.84. The molecule has 0 radical (unpaired) electrons. The van der Waals surface area contributed by atoms with Crippen molar-refractivity contribution in [2.75, 3.05) is 4.72 Å². The van der Waals surface area contributed by atoms with Crippen LogP contribution in [0.15, 0.2) is 41.8 Å². The van der Waals surface area contributed by atoms with E-state index in [-0.39, 0.29) is 5.03 Å². The van der Waals surface area contributed by atoms with Crippen LogP contribution in [0, 0.1) is 0 Å². The van der Waals surface area contributed by atoms with E-state index < -0.39 is 16.1 Å². The van der Waals surface area contributed by atoms with Gasteiger partial charge in [0.2, 0.25) is 0 Å². The molecule has 19 heavy (non-hydrogen) atoms. The average molecular weight is 281 g/mol. The number of aromatic nitrogens is 2. The van der Waals surface area contributed by atoms with Crippen LogP contribution >= 0.6 is 0 Å². The second-order valence-corrected chi connectivity index (χ2v) is 5.91. The van der Waals surface area contributed by atoms with Crippen LogP contribution in [-0.4, -0.2) is 23.1 Å². The Morgan fingerprint density at radius 1 is 1.42 bits per heavy atom. The minimum absolute atomic E-state index is 0.0440. The molecule has 0 aliphatic carbocycles. The Balaban J connectivity index is 2.28. The molecule has 2 rings (SSSR count). The van der Waals surface area contributed by atoms with Crippen molar-refractivity contribution < 1.29 is 13.5 Å². The highest BCUT2D eigenvalue weighted by atomic mass is 32.2. The van der Waals surface area contributed by atoms with Crippen molar-refractivity contribution in [3.8, 4) is 0 Å². The predicted molar refractivity (Wildman–Crippen MR) is 71.1 cm³/mol. The number of imidazole rings is 1. The molecule has 0 saturated heterocycles. The van der Waals surface area contributed by atoms with Crippen LogP contribution < -0.4 is 4.72 Å². The van der Waals surface area contributed by atoms with E-state index >= 15 is 0 Å². The summed E-state index contributed by atoms with van der Waals surface area (Å²) < 4.78 is 28.1. The van der Waals surface area contributed by atoms with Gasteiger partial charge in [0, 0.05) is 18.9 Å². The second-order valence-electron chi connectivity index (χ2n) is 4.28. The number of sulfonamides is 1. The number of benzene rings is 1. The summed E-state index contributed by atoms with van der Waals surface area (Å²) >= 11 is 0. The number of hydrogen-bond donors (Lipinski definition) is 2. The number of nitrogens with one attached hydrogen (secondary N) is 1. The van der Waals surface area contributed by atoms with E-state index in [2.05, 4.69) is 9.71 Å². The van der Waals surface area contributed by atoms with Crippen LogP contribution in [0.4, 0.5) is 5.69 Å². The topological polar surface area (TPSA) is 84.2 Å². The highest BCUT2D eigenvalue weighted by Gasteiger charge is 2.17. The number of rotatable bonds is 4. The van der Waals surface area contributed by atoms with Crippen LogP contribution in [0.3, 0.4) is 0 Å². The fourth-order valence-electron chi connectivity index (χ4n) is 1.60. The molecule has 1 aromatic heterocycles. The van der Waals surface area contributed by atoms with E-state index in [0.29, 0.717) is 11.3 Å². The van der Waals surface area contributed by atoms with Gasteiger partial charge in [-0.2, -0.15) is 8.42 Å². The SMILES string of the molecule is CC(O)c1cccc(NS(=O)(=O)c2cn(C)cn2)c1. The lowest BCUT2D eigenvalue weighted by Crippen LogP contribution is -2.13. The van der Waals surface area contributed by atoms with Gasteiger partial charge in [-0.05, 0) is 24.6 Å². The van der Waals surface area contributed by atoms with Crippen LogP contribution in [0.1, 0.15) is 18.6 Å². The first kappa shape index (κ1) is 13.6. The molecule has 1 heterocycles. The molecule has 1 aromatic carbocycles. The summed E-state index contributed by atoms with van der Waals surface area (Å²) in [4.78, 5) is 3.80. The van der Waals surface area contributed by atoms with Gasteiger partial charge in [0.25, 0.3) is 10.0 Å². The monoisotopic (exact) mass is 281 g/mol. The molecule has 2 aromatic rings. The Bertz CT molecular complexity index is 677. The summed E-state index contributed by atoms with van der Waals surface area (Å²) in [6, 6.07) is 6.61. The molecule has 0 saturated carbocycles. The lowest BCUT2D eigenvalue weighted by molar-refractivity contribution is 0.199. The van der Waals surface area contributed by atoms with Gasteiger partial charge < -0.3 is 9.67 Å². The van der Waals surface area contributed by atoms with E-state index in [1.54, 1.807) is 42.8 Å². The Morgan fingerprint density at radius 2 is 2.16 bits per heavy atom. The number of anilines is 1. The molecule has 102 valence electrons. The fraction of sp³-hybridized carbons (Fsp3) is 0.250. The van der Waals surface area contributed by atoms with Gasteiger partial charge in [0.1, 0.15) is 0 Å². The third-order valence-electron chi connectivity index (χ3n) is 2.58. The Hall–Kier alpha value is -1.86. The molecule has 0 bridgehead atoms. The van der Waals surface area contributed by atoms with Crippen LogP contribution in [0.2, 0.25) is 0 Å². The number of aliphatic hydroxyl groups excluding tert-OH is 1. The highest BCUT2D eigenvalue weighted by molar-refractivity contribution is 7.92. The van der Waals surface area contributed by atoms with Crippen molar-refractivity contribution in [3.05, 3.63) is 42.4 Å². The lowest BCUT2D eigenvalue weighted by atomic mass is 10.1. The number of nitrogens with zero attached hydrogens (tertiary/aromatic N) is 2. The third kappa shape index (κ3) is 3.12. The van der Waals surface area contributed by atoms with Crippen LogP contribution in [0.5, 0.6) is 0 Å². The first-order chi connectivity index (χ1) is 8.88. The summed E-state index contributed by atoms with van der Waals surface area (Å²) in [7, 11) is -2.00. The van der Waals surface area contributed by atoms with Gasteiger partial charge in [-0.25, -0.2) is 4.98 Å². The molecule has 6 nitrogen and oxygen atoms in total. The molecular weight excluding hydrogens is 266 g/mol. The summed E-state index contributed by atoms with van der Waals surface area (Å²) in [5.74, 6) is 0. The predicted octanol–water partition coefficient (Wildman–Crippen LogP) is 1.27. The fourth-order valence-corrected chi connectivity index (χ4v) is 2.63. The van der Waals surface area contributed by atoms with Crippen LogP contribution in [0.25, 0.3) is 0 Å². The van der Waals surface area contributed by atoms with Gasteiger partial charge in [0.05, 0.1) is 12.4 Å². The van der Waals surface area contributed by atoms with E-state index in [4.69, 9.17) is 0 Å². The smallest absolute Gasteiger partial charge is 0.280 e. The normalized spacial score (nSPS) is 13.2. The molecule has 1 atom stereocenters. The van der Waals surface area contributed by atoms with Gasteiger partial charge >= 0.3 is 0 Å². The Morgan fingerprint density at radius 3 is 2.74 bits per heavy atom. The first-order valence-electron chi connectivity index (χ1n) is 5.67. The largest absolute Gasteiger partial charge is 0.389 e. The Labute approximate surface area is 111 Å². The number of hydrogen-bond acceptors (Lipinski definition) is 4. The molecule has 2 N–H and O–H groups in total. The highest BCUT2D eigenvalue weighted by Crippen LogP contribution is 2.19. The molecule has 0 aliphatic heterocycles. The van der Waals surface area contributed by atoms with Crippen molar-refractivity contribution in [2.24, 2.45) is 7.05 Å². The molecule has 7 heteroatoms. The van der Waals surface area contributed by atoms with E-state index in [1.165, 1.54) is 12.5 Å². The van der Waals surface area contributed by atoms with Crippen molar-refractivity contribution in [1.29, 1.82) is 0 Å². The maximum atomic E-state index is 12.0. The lowest BCUT2D eigenvalue weighted by Gasteiger charge is -2.09. The van der Waals surface area contributed by atoms with Crippen molar-refractivity contribution in [3.63, 3.8) is 0 Å². The van der Waals surface area contributed by atoms with Gasteiger partial charge in [-0.1, -0.05) is 12.1 Å². The minimum Gasteiger partial charge on any atom is -0.389 e. The second kappa shape index (κ2) is 5.02. The van der Waals surface area contributed by atoms with E-state index in [9.17, 15) is 13.5 Å². The van der Waals surface area contributed by atoms with Crippen molar-refractivity contribution in [2.45, 2.75) is 18.1 Å². The minimum atomic E-state index is -3.70. The molecule has 0 aliphatic rings. The van der Waals surface area contributed by atoms with Crippen LogP contribution in [-0.2, 0) is 17.1 Å². The van der Waals surface area contributed by atoms with E-state index in [1.807, 2.05) is 0 Å². The zero-order valence-corrected chi connectivity index (χ0v) is 11.4. The number of aryl methyl sites for hydroxylation is 1. The zero-order chi connectivity index (χ0) is 14.0. The summed E-state index contributed by atoms with van der Waals surface area (Å²) in [6.45, 7) is 1.62. The molecule has 0 spiro atoms. The maximum absolute atomic E-state index is 12.0. The Kier molecular flexibility index (Phi) is 3.59. The van der Waals surface area contributed by atoms with Crippen molar-refractivity contribution >= 4 is 15.7 Å². The van der Waals surface area contributed by atoms with Gasteiger partial charge in [-0.15, -0.1) is 0 Å². The van der Waals surface area contributed by atoms with Gasteiger partial charge in [-0.3, -0.25) is 4.72 Å². The molecular formula is C12H15N3O3S. The average Bonchev–Trinajstić information content (AvgIpc) is 2.76. The standard InChI is InChI=1S/C12H15N3O3S/c1-9(16)10-4-3-5-11(6-10)14-19(17,18)12-7-15(2)8-13-12/h3-9,14,16H,1-2H3. The van der Waals surface area contributed by atoms with Crippen molar-refractivity contribution in [1.82, 2.24) is 9.55 Å². The quantitative estimate of drug-likeness (QED) is 0.884. The summed E-state index contributed by atoms with van der Waals surface area (Å²) in [5.41, 5.74) is 1.03. The molecule has 0 fully saturated rings. The van der Waals surface area contributed by atoms with E-state index in [0.717, 1.165) is 0 Å².